The molecule has 0 bridgehead atoms. The summed E-state index contributed by atoms with van der Waals surface area (Å²) < 4.78 is 10.1. The number of methoxy groups -OCH3 is 1. The minimum absolute atomic E-state index is 0.139. The Morgan fingerprint density at radius 1 is 1.79 bits per heavy atom. The molecule has 0 aromatic carbocycles. The Kier molecular flexibility index (Phi) is 4.31. The number of ether oxygens (including phenoxy) is 2. The quantitative estimate of drug-likeness (QED) is 0.686. The fourth-order valence-corrected chi connectivity index (χ4v) is 1.67. The molecule has 0 aliphatic carbocycles. The maximum atomic E-state index is 11.0. The van der Waals surface area contributed by atoms with Gasteiger partial charge in [0.05, 0.1) is 19.8 Å². The van der Waals surface area contributed by atoms with Gasteiger partial charge in [0.25, 0.3) is 0 Å². The first-order chi connectivity index (χ1) is 6.66. The monoisotopic (exact) mass is 203 g/mol. The lowest BCUT2D eigenvalue weighted by molar-refractivity contribution is -0.149. The van der Waals surface area contributed by atoms with Gasteiger partial charge in [-0.2, -0.15) is 0 Å². The van der Waals surface area contributed by atoms with E-state index in [1.165, 1.54) is 7.11 Å². The summed E-state index contributed by atoms with van der Waals surface area (Å²) in [5.41, 5.74) is 0. The number of morpholine rings is 1. The van der Waals surface area contributed by atoms with Crippen molar-refractivity contribution < 1.29 is 19.4 Å². The molecule has 1 N–H and O–H groups in total. The molecule has 2 atom stereocenters. The zero-order valence-corrected chi connectivity index (χ0v) is 8.60. The van der Waals surface area contributed by atoms with Crippen molar-refractivity contribution in [2.45, 2.75) is 19.0 Å². The number of aliphatic carboxylic acids is 1. The Morgan fingerprint density at radius 2 is 2.50 bits per heavy atom. The lowest BCUT2D eigenvalue weighted by atomic mass is 10.1. The van der Waals surface area contributed by atoms with E-state index < -0.39 is 12.0 Å². The number of carboxylic acid groups (broad SMARTS) is 1. The average Bonchev–Trinajstić information content (AvgIpc) is 2.15. The van der Waals surface area contributed by atoms with Crippen molar-refractivity contribution in [2.75, 3.05) is 33.5 Å². The molecule has 0 aromatic heterocycles. The van der Waals surface area contributed by atoms with Crippen LogP contribution in [0.25, 0.3) is 0 Å². The summed E-state index contributed by atoms with van der Waals surface area (Å²) in [6, 6.07) is -0.418. The van der Waals surface area contributed by atoms with Gasteiger partial charge in [-0.1, -0.05) is 0 Å². The second kappa shape index (κ2) is 5.29. The lowest BCUT2D eigenvalue weighted by Crippen LogP contribution is -2.54. The maximum Gasteiger partial charge on any atom is 0.323 e. The normalized spacial score (nSPS) is 26.0. The van der Waals surface area contributed by atoms with E-state index in [2.05, 4.69) is 0 Å². The summed E-state index contributed by atoms with van der Waals surface area (Å²) in [5.74, 6) is -0.833. The van der Waals surface area contributed by atoms with Crippen molar-refractivity contribution >= 4 is 5.97 Å². The molecule has 1 aliphatic rings. The molecule has 82 valence electrons. The predicted octanol–water partition coefficient (Wildman–Crippen LogP) is -0.193. The fourth-order valence-electron chi connectivity index (χ4n) is 1.67. The Hall–Kier alpha value is -0.650. The van der Waals surface area contributed by atoms with Crippen LogP contribution < -0.4 is 0 Å². The van der Waals surface area contributed by atoms with Gasteiger partial charge >= 0.3 is 5.97 Å². The predicted molar refractivity (Wildman–Crippen MR) is 50.3 cm³/mol. The third-order valence-corrected chi connectivity index (χ3v) is 2.43. The van der Waals surface area contributed by atoms with E-state index in [1.54, 1.807) is 0 Å². The molecule has 5 heteroatoms. The smallest absolute Gasteiger partial charge is 0.323 e. The van der Waals surface area contributed by atoms with Gasteiger partial charge in [-0.05, 0) is 6.92 Å². The molecule has 1 aliphatic heterocycles. The van der Waals surface area contributed by atoms with E-state index >= 15 is 0 Å². The molecule has 1 heterocycles. The second-order valence-electron chi connectivity index (χ2n) is 3.47. The maximum absolute atomic E-state index is 11.0. The summed E-state index contributed by atoms with van der Waals surface area (Å²) in [4.78, 5) is 12.9. The molecule has 0 saturated carbocycles. The summed E-state index contributed by atoms with van der Waals surface area (Å²) in [7, 11) is 1.51. The molecule has 0 spiro atoms. The first-order valence-electron chi connectivity index (χ1n) is 4.72. The molecule has 14 heavy (non-hydrogen) atoms. The highest BCUT2D eigenvalue weighted by Gasteiger charge is 2.31. The number of nitrogens with zero attached hydrogens (tertiary/aromatic N) is 1. The Bertz CT molecular complexity index is 197. The highest BCUT2D eigenvalue weighted by atomic mass is 16.5. The van der Waals surface area contributed by atoms with Crippen molar-refractivity contribution in [1.29, 1.82) is 0 Å². The fraction of sp³-hybridized carbons (Fsp3) is 0.889. The van der Waals surface area contributed by atoms with Crippen LogP contribution in [0.15, 0.2) is 0 Å². The third kappa shape index (κ3) is 2.67. The number of rotatable bonds is 4. The molecule has 1 rings (SSSR count). The first-order valence-corrected chi connectivity index (χ1v) is 4.72. The summed E-state index contributed by atoms with van der Waals surface area (Å²) in [6.07, 6.45) is 0. The van der Waals surface area contributed by atoms with Gasteiger partial charge in [0.1, 0.15) is 6.04 Å². The second-order valence-corrected chi connectivity index (χ2v) is 3.47. The van der Waals surface area contributed by atoms with E-state index in [0.717, 1.165) is 0 Å². The van der Waals surface area contributed by atoms with Crippen molar-refractivity contribution in [3.05, 3.63) is 0 Å². The Morgan fingerprint density at radius 3 is 3.00 bits per heavy atom. The standard InChI is InChI=1S/C9H17NO4/c1-7-5-14-4-3-10(7)8(6-13-2)9(11)12/h7-8H,3-6H2,1-2H3,(H,11,12). The number of carbonyl (C=O) groups is 1. The molecule has 0 radical (unpaired) electrons. The van der Waals surface area contributed by atoms with Gasteiger partial charge in [-0.15, -0.1) is 0 Å². The SMILES string of the molecule is COCC(C(=O)O)N1CCOCC1C. The van der Waals surface area contributed by atoms with Gasteiger partial charge in [0, 0.05) is 19.7 Å². The van der Waals surface area contributed by atoms with E-state index in [9.17, 15) is 4.79 Å². The largest absolute Gasteiger partial charge is 0.480 e. The Balaban J connectivity index is 2.60. The highest BCUT2D eigenvalue weighted by Crippen LogP contribution is 2.11. The lowest BCUT2D eigenvalue weighted by Gasteiger charge is -2.36. The minimum atomic E-state index is -0.833. The van der Waals surface area contributed by atoms with Crippen LogP contribution in [-0.2, 0) is 14.3 Å². The van der Waals surface area contributed by atoms with Crippen LogP contribution in [0.5, 0.6) is 0 Å². The number of hydrogen-bond acceptors (Lipinski definition) is 4. The van der Waals surface area contributed by atoms with Gasteiger partial charge in [-0.3, -0.25) is 9.69 Å². The summed E-state index contributed by atoms with van der Waals surface area (Å²) >= 11 is 0. The van der Waals surface area contributed by atoms with E-state index in [-0.39, 0.29) is 12.6 Å². The first kappa shape index (κ1) is 11.4. The van der Waals surface area contributed by atoms with Crippen molar-refractivity contribution in [3.63, 3.8) is 0 Å². The third-order valence-electron chi connectivity index (χ3n) is 2.43. The van der Waals surface area contributed by atoms with Crippen molar-refractivity contribution in [3.8, 4) is 0 Å². The molecule has 1 fully saturated rings. The molecular weight excluding hydrogens is 186 g/mol. The van der Waals surface area contributed by atoms with Crippen LogP contribution in [-0.4, -0.2) is 61.5 Å². The molecule has 0 amide bonds. The molecular formula is C9H17NO4. The zero-order chi connectivity index (χ0) is 10.6. The topological polar surface area (TPSA) is 59.0 Å². The number of hydrogen-bond donors (Lipinski definition) is 1. The molecule has 2 unspecified atom stereocenters. The number of carboxylic acids is 1. The van der Waals surface area contributed by atoms with Gasteiger partial charge in [-0.25, -0.2) is 0 Å². The summed E-state index contributed by atoms with van der Waals surface area (Å²) in [6.45, 7) is 4.03. The van der Waals surface area contributed by atoms with Crippen LogP contribution in [0.3, 0.4) is 0 Å². The minimum Gasteiger partial charge on any atom is -0.480 e. The van der Waals surface area contributed by atoms with E-state index in [1.807, 2.05) is 11.8 Å². The van der Waals surface area contributed by atoms with Crippen LogP contribution in [0.4, 0.5) is 0 Å². The van der Waals surface area contributed by atoms with Gasteiger partial charge in [0.2, 0.25) is 0 Å². The highest BCUT2D eigenvalue weighted by molar-refractivity contribution is 5.73. The van der Waals surface area contributed by atoms with Crippen molar-refractivity contribution in [1.82, 2.24) is 4.90 Å². The Labute approximate surface area is 83.6 Å². The van der Waals surface area contributed by atoms with Gasteiger partial charge in [0.15, 0.2) is 0 Å². The van der Waals surface area contributed by atoms with Crippen molar-refractivity contribution in [2.24, 2.45) is 0 Å². The van der Waals surface area contributed by atoms with Crippen LogP contribution in [0, 0.1) is 0 Å². The van der Waals surface area contributed by atoms with E-state index in [0.29, 0.717) is 19.8 Å². The average molecular weight is 203 g/mol. The molecule has 1 saturated heterocycles. The van der Waals surface area contributed by atoms with Crippen LogP contribution in [0.2, 0.25) is 0 Å². The molecule has 0 aromatic rings. The van der Waals surface area contributed by atoms with E-state index in [4.69, 9.17) is 14.6 Å². The van der Waals surface area contributed by atoms with Crippen LogP contribution >= 0.6 is 0 Å². The zero-order valence-electron chi connectivity index (χ0n) is 8.60. The van der Waals surface area contributed by atoms with Crippen LogP contribution in [0.1, 0.15) is 6.92 Å². The summed E-state index contributed by atoms with van der Waals surface area (Å²) in [5, 5.41) is 9.01. The van der Waals surface area contributed by atoms with Gasteiger partial charge < -0.3 is 14.6 Å². The molecule has 5 nitrogen and oxygen atoms in total.